The maximum Gasteiger partial charge on any atom is 0.262 e. The third-order valence-corrected chi connectivity index (χ3v) is 4.71. The number of aliphatic imine (C=N–C) groups is 1. The third kappa shape index (κ3) is 4.39. The molecule has 0 saturated carbocycles. The van der Waals surface area contributed by atoms with E-state index in [4.69, 9.17) is 0 Å². The van der Waals surface area contributed by atoms with Crippen LogP contribution in [-0.2, 0) is 25.6 Å². The fourth-order valence-electron chi connectivity index (χ4n) is 2.55. The van der Waals surface area contributed by atoms with Gasteiger partial charge < -0.3 is 15.5 Å². The SMILES string of the molecule is O=C1CN(C(=O)CCc2csc(NC(=O)C3C=CC=NC3=O)n2)CCN1. The number of nitrogens with one attached hydrogen (secondary N) is 2. The predicted octanol–water partition coefficient (Wildman–Crippen LogP) is -0.244. The van der Waals surface area contributed by atoms with Crippen molar-refractivity contribution < 1.29 is 19.2 Å². The number of hydrogen-bond donors (Lipinski definition) is 2. The zero-order valence-electron chi connectivity index (χ0n) is 13.8. The van der Waals surface area contributed by atoms with E-state index in [1.807, 2.05) is 0 Å². The largest absolute Gasteiger partial charge is 0.353 e. The Kier molecular flexibility index (Phi) is 5.52. The lowest BCUT2D eigenvalue weighted by Gasteiger charge is -2.26. The van der Waals surface area contributed by atoms with Crippen LogP contribution in [0.4, 0.5) is 5.13 Å². The Morgan fingerprint density at radius 3 is 3.00 bits per heavy atom. The average molecular weight is 375 g/mol. The first-order valence-corrected chi connectivity index (χ1v) is 8.95. The minimum Gasteiger partial charge on any atom is -0.353 e. The minimum atomic E-state index is -0.945. The Balaban J connectivity index is 1.50. The van der Waals surface area contributed by atoms with Crippen LogP contribution in [0.15, 0.2) is 22.5 Å². The van der Waals surface area contributed by atoms with Crippen molar-refractivity contribution in [2.75, 3.05) is 25.0 Å². The van der Waals surface area contributed by atoms with Crippen molar-refractivity contribution in [2.24, 2.45) is 10.9 Å². The highest BCUT2D eigenvalue weighted by Gasteiger charge is 2.25. The van der Waals surface area contributed by atoms with Crippen LogP contribution in [0.5, 0.6) is 0 Å². The Labute approximate surface area is 153 Å². The summed E-state index contributed by atoms with van der Waals surface area (Å²) in [6, 6.07) is 0. The molecule has 136 valence electrons. The zero-order chi connectivity index (χ0) is 18.5. The molecule has 1 unspecified atom stereocenters. The number of allylic oxidation sites excluding steroid dienone is 1. The molecule has 0 spiro atoms. The molecule has 9 nitrogen and oxygen atoms in total. The van der Waals surface area contributed by atoms with Gasteiger partial charge in [-0.05, 0) is 12.5 Å². The Bertz CT molecular complexity index is 800. The summed E-state index contributed by atoms with van der Waals surface area (Å²) in [7, 11) is 0. The molecular weight excluding hydrogens is 358 g/mol. The number of nitrogens with zero attached hydrogens (tertiary/aromatic N) is 3. The highest BCUT2D eigenvalue weighted by Crippen LogP contribution is 2.19. The number of aromatic nitrogens is 1. The van der Waals surface area contributed by atoms with Gasteiger partial charge in [-0.15, -0.1) is 11.3 Å². The van der Waals surface area contributed by atoms with Crippen molar-refractivity contribution in [3.05, 3.63) is 23.2 Å². The summed E-state index contributed by atoms with van der Waals surface area (Å²) in [6.07, 6.45) is 5.02. The van der Waals surface area contributed by atoms with Gasteiger partial charge in [0.05, 0.1) is 12.2 Å². The van der Waals surface area contributed by atoms with Gasteiger partial charge >= 0.3 is 0 Å². The number of hydrogen-bond acceptors (Lipinski definition) is 6. The van der Waals surface area contributed by atoms with Crippen LogP contribution >= 0.6 is 11.3 Å². The van der Waals surface area contributed by atoms with Crippen molar-refractivity contribution in [1.29, 1.82) is 0 Å². The average Bonchev–Trinajstić information content (AvgIpc) is 3.07. The first kappa shape index (κ1) is 17.9. The molecule has 1 saturated heterocycles. The van der Waals surface area contributed by atoms with Crippen molar-refractivity contribution in [3.8, 4) is 0 Å². The lowest BCUT2D eigenvalue weighted by molar-refractivity contribution is -0.138. The number of carbonyl (C=O) groups excluding carboxylic acids is 4. The molecule has 0 aliphatic carbocycles. The Hall–Kier alpha value is -2.88. The first-order chi connectivity index (χ1) is 12.5. The van der Waals surface area contributed by atoms with E-state index >= 15 is 0 Å². The highest BCUT2D eigenvalue weighted by molar-refractivity contribution is 7.13. The maximum atomic E-state index is 12.1. The summed E-state index contributed by atoms with van der Waals surface area (Å²) in [6.45, 7) is 1.06. The number of piperazine rings is 1. The van der Waals surface area contributed by atoms with Gasteiger partial charge in [0.15, 0.2) is 5.13 Å². The normalized spacial score (nSPS) is 19.4. The van der Waals surface area contributed by atoms with Crippen LogP contribution in [0.2, 0.25) is 0 Å². The molecular formula is C16H17N5O4S. The molecule has 3 heterocycles. The number of rotatable bonds is 5. The van der Waals surface area contributed by atoms with Gasteiger partial charge in [0.25, 0.3) is 5.91 Å². The molecule has 0 bridgehead atoms. The monoisotopic (exact) mass is 375 g/mol. The van der Waals surface area contributed by atoms with Gasteiger partial charge in [0.1, 0.15) is 5.92 Å². The van der Waals surface area contributed by atoms with Crippen LogP contribution in [-0.4, -0.2) is 59.4 Å². The van der Waals surface area contributed by atoms with Gasteiger partial charge in [0.2, 0.25) is 17.7 Å². The number of carbonyl (C=O) groups is 4. The van der Waals surface area contributed by atoms with Gasteiger partial charge in [-0.1, -0.05) is 6.08 Å². The van der Waals surface area contributed by atoms with Gasteiger partial charge in [0, 0.05) is 31.1 Å². The van der Waals surface area contributed by atoms with E-state index in [-0.39, 0.29) is 24.8 Å². The van der Waals surface area contributed by atoms with Crippen molar-refractivity contribution in [2.45, 2.75) is 12.8 Å². The van der Waals surface area contributed by atoms with Crippen LogP contribution < -0.4 is 10.6 Å². The molecule has 2 aliphatic heterocycles. The summed E-state index contributed by atoms with van der Waals surface area (Å²) in [5.74, 6) is -2.20. The van der Waals surface area contributed by atoms with Crippen molar-refractivity contribution >= 4 is 46.3 Å². The molecule has 2 N–H and O–H groups in total. The number of dihydropyridines is 1. The number of aryl methyl sites for hydroxylation is 1. The lowest BCUT2D eigenvalue weighted by atomic mass is 10.1. The van der Waals surface area contributed by atoms with Gasteiger partial charge in [-0.2, -0.15) is 0 Å². The van der Waals surface area contributed by atoms with Crippen LogP contribution in [0.1, 0.15) is 12.1 Å². The van der Waals surface area contributed by atoms with E-state index in [2.05, 4.69) is 20.6 Å². The van der Waals surface area contributed by atoms with Gasteiger partial charge in [-0.3, -0.25) is 19.2 Å². The number of anilines is 1. The molecule has 0 radical (unpaired) electrons. The van der Waals surface area contributed by atoms with E-state index in [1.54, 1.807) is 11.5 Å². The summed E-state index contributed by atoms with van der Waals surface area (Å²) in [4.78, 5) is 56.5. The molecule has 1 fully saturated rings. The summed E-state index contributed by atoms with van der Waals surface area (Å²) in [5, 5.41) is 7.38. The molecule has 4 amide bonds. The van der Waals surface area contributed by atoms with E-state index in [9.17, 15) is 19.2 Å². The Morgan fingerprint density at radius 2 is 2.23 bits per heavy atom. The molecule has 0 aromatic carbocycles. The number of amides is 4. The van der Waals surface area contributed by atoms with E-state index < -0.39 is 17.7 Å². The fraction of sp³-hybridized carbons (Fsp3) is 0.375. The number of thiazole rings is 1. The predicted molar refractivity (Wildman–Crippen MR) is 94.8 cm³/mol. The van der Waals surface area contributed by atoms with Gasteiger partial charge in [-0.25, -0.2) is 9.98 Å². The molecule has 26 heavy (non-hydrogen) atoms. The minimum absolute atomic E-state index is 0.0859. The highest BCUT2D eigenvalue weighted by atomic mass is 32.1. The second-order valence-electron chi connectivity index (χ2n) is 5.78. The van der Waals surface area contributed by atoms with E-state index in [0.29, 0.717) is 30.3 Å². The quantitative estimate of drug-likeness (QED) is 0.688. The molecule has 1 atom stereocenters. The van der Waals surface area contributed by atoms with E-state index in [0.717, 1.165) is 0 Å². The van der Waals surface area contributed by atoms with Crippen LogP contribution in [0, 0.1) is 5.92 Å². The van der Waals surface area contributed by atoms with Crippen LogP contribution in [0.25, 0.3) is 0 Å². The second kappa shape index (κ2) is 8.00. The Morgan fingerprint density at radius 1 is 1.38 bits per heavy atom. The smallest absolute Gasteiger partial charge is 0.262 e. The summed E-state index contributed by atoms with van der Waals surface area (Å²) >= 11 is 1.22. The third-order valence-electron chi connectivity index (χ3n) is 3.91. The first-order valence-electron chi connectivity index (χ1n) is 8.07. The molecule has 10 heteroatoms. The molecule has 2 aliphatic rings. The van der Waals surface area contributed by atoms with Crippen molar-refractivity contribution in [1.82, 2.24) is 15.2 Å². The zero-order valence-corrected chi connectivity index (χ0v) is 14.6. The summed E-state index contributed by atoms with van der Waals surface area (Å²) < 4.78 is 0. The standard InChI is InChI=1S/C16H17N5O4S/c22-12-8-21(7-6-17-12)13(23)4-3-10-9-26-16(19-10)20-15(25)11-2-1-5-18-14(11)24/h1-2,5,9,11H,3-4,6-8H2,(H,17,22)(H,19,20,25). The summed E-state index contributed by atoms with van der Waals surface area (Å²) in [5.41, 5.74) is 0.670. The topological polar surface area (TPSA) is 121 Å². The maximum absolute atomic E-state index is 12.1. The fourth-order valence-corrected chi connectivity index (χ4v) is 3.29. The molecule has 1 aromatic rings. The second-order valence-corrected chi connectivity index (χ2v) is 6.64. The molecule has 3 rings (SSSR count). The van der Waals surface area contributed by atoms with Crippen LogP contribution in [0.3, 0.4) is 0 Å². The van der Waals surface area contributed by atoms with E-state index in [1.165, 1.54) is 28.5 Å². The molecule has 1 aromatic heterocycles. The van der Waals surface area contributed by atoms with Crippen molar-refractivity contribution in [3.63, 3.8) is 0 Å². The lowest BCUT2D eigenvalue weighted by Crippen LogP contribution is -2.50.